The molecule has 2 aromatic rings. The van der Waals surface area contributed by atoms with Crippen LogP contribution in [0.4, 0.5) is 23.7 Å². The standard InChI is InChI=1S/C20H22F3N5O3/c1-12-8-26-13(3-4-24-26)9-25(12)19(31)28(14-5-15(21)18(23)16(22)6-14)27-10-20(2,11-29)7-17(27)30/h3-6,12,29H,7-11H2,1-2H3. The smallest absolute Gasteiger partial charge is 0.344 e. The summed E-state index contributed by atoms with van der Waals surface area (Å²) in [6, 6.07) is 2.08. The molecule has 2 aliphatic heterocycles. The minimum absolute atomic E-state index is 0.0468. The molecule has 11 heteroatoms. The molecule has 1 aromatic heterocycles. The lowest BCUT2D eigenvalue weighted by Crippen LogP contribution is -2.57. The van der Waals surface area contributed by atoms with E-state index in [1.165, 1.54) is 4.90 Å². The highest BCUT2D eigenvalue weighted by Gasteiger charge is 2.45. The first-order chi connectivity index (χ1) is 14.6. The number of rotatable bonds is 3. The van der Waals surface area contributed by atoms with Crippen LogP contribution >= 0.6 is 0 Å². The summed E-state index contributed by atoms with van der Waals surface area (Å²) in [7, 11) is 0. The number of nitrogens with zero attached hydrogens (tertiary/aromatic N) is 5. The third-order valence-corrected chi connectivity index (χ3v) is 5.77. The van der Waals surface area contributed by atoms with E-state index in [2.05, 4.69) is 5.10 Å². The summed E-state index contributed by atoms with van der Waals surface area (Å²) < 4.78 is 43.4. The normalized spacial score (nSPS) is 23.3. The number of amides is 3. The molecule has 1 saturated heterocycles. The van der Waals surface area contributed by atoms with Gasteiger partial charge < -0.3 is 10.0 Å². The topological polar surface area (TPSA) is 81.9 Å². The second kappa shape index (κ2) is 7.56. The lowest BCUT2D eigenvalue weighted by atomic mass is 9.91. The first-order valence-electron chi connectivity index (χ1n) is 9.80. The van der Waals surface area contributed by atoms with E-state index < -0.39 is 34.8 Å². The van der Waals surface area contributed by atoms with Crippen LogP contribution in [0.25, 0.3) is 0 Å². The van der Waals surface area contributed by atoms with E-state index in [4.69, 9.17) is 0 Å². The summed E-state index contributed by atoms with van der Waals surface area (Å²) in [5, 5.41) is 15.8. The van der Waals surface area contributed by atoms with Crippen LogP contribution in [0, 0.1) is 22.9 Å². The van der Waals surface area contributed by atoms with E-state index in [1.54, 1.807) is 30.8 Å². The number of halogens is 3. The highest BCUT2D eigenvalue weighted by molar-refractivity contribution is 5.96. The molecule has 3 heterocycles. The predicted octanol–water partition coefficient (Wildman–Crippen LogP) is 2.28. The number of hydrogen-bond acceptors (Lipinski definition) is 4. The number of benzene rings is 1. The van der Waals surface area contributed by atoms with Crippen molar-refractivity contribution in [3.05, 3.63) is 47.5 Å². The van der Waals surface area contributed by atoms with Crippen LogP contribution in [0.2, 0.25) is 0 Å². The number of hydrogen-bond donors (Lipinski definition) is 1. The first kappa shape index (κ1) is 21.2. The number of fused-ring (bicyclic) bond motifs is 1. The van der Waals surface area contributed by atoms with Crippen molar-refractivity contribution in [1.82, 2.24) is 19.7 Å². The molecule has 166 valence electrons. The Morgan fingerprint density at radius 1 is 1.32 bits per heavy atom. The average molecular weight is 437 g/mol. The summed E-state index contributed by atoms with van der Waals surface area (Å²) in [6.45, 7) is 3.66. The zero-order valence-electron chi connectivity index (χ0n) is 17.1. The Hall–Kier alpha value is -3.08. The summed E-state index contributed by atoms with van der Waals surface area (Å²) in [5.74, 6) is -5.12. The molecule has 0 radical (unpaired) electrons. The van der Waals surface area contributed by atoms with Crippen molar-refractivity contribution in [1.29, 1.82) is 0 Å². The third kappa shape index (κ3) is 3.62. The summed E-state index contributed by atoms with van der Waals surface area (Å²) in [6.07, 6.45) is 1.55. The average Bonchev–Trinajstić information content (AvgIpc) is 3.29. The Kier molecular flexibility index (Phi) is 5.16. The van der Waals surface area contributed by atoms with Gasteiger partial charge in [-0.2, -0.15) is 10.1 Å². The van der Waals surface area contributed by atoms with Crippen LogP contribution in [0.15, 0.2) is 24.4 Å². The van der Waals surface area contributed by atoms with E-state index in [0.29, 0.717) is 18.7 Å². The monoisotopic (exact) mass is 437 g/mol. The van der Waals surface area contributed by atoms with Gasteiger partial charge in [-0.05, 0) is 13.0 Å². The zero-order chi connectivity index (χ0) is 22.5. The second-order valence-corrected chi connectivity index (χ2v) is 8.40. The number of carbonyl (C=O) groups excluding carboxylic acids is 2. The van der Waals surface area contributed by atoms with Crippen LogP contribution in [-0.4, -0.2) is 55.9 Å². The Labute approximate surface area is 176 Å². The van der Waals surface area contributed by atoms with Crippen molar-refractivity contribution >= 4 is 17.6 Å². The number of aliphatic hydroxyl groups is 1. The maximum absolute atomic E-state index is 14.0. The summed E-state index contributed by atoms with van der Waals surface area (Å²) in [5.41, 5.74) is -0.391. The molecule has 2 unspecified atom stereocenters. The van der Waals surface area contributed by atoms with Crippen molar-refractivity contribution in [2.75, 3.05) is 18.2 Å². The molecule has 3 amide bonds. The van der Waals surface area contributed by atoms with Crippen LogP contribution in [0.5, 0.6) is 0 Å². The molecule has 0 spiro atoms. The molecule has 1 N–H and O–H groups in total. The van der Waals surface area contributed by atoms with Crippen LogP contribution in [0.1, 0.15) is 26.0 Å². The Balaban J connectivity index is 1.76. The van der Waals surface area contributed by atoms with Gasteiger partial charge in [0.1, 0.15) is 0 Å². The van der Waals surface area contributed by atoms with E-state index in [-0.39, 0.29) is 37.8 Å². The minimum Gasteiger partial charge on any atom is -0.396 e. The predicted molar refractivity (Wildman–Crippen MR) is 103 cm³/mol. The Bertz CT molecular complexity index is 1020. The number of anilines is 1. The molecule has 0 bridgehead atoms. The van der Waals surface area contributed by atoms with E-state index >= 15 is 0 Å². The molecule has 1 fully saturated rings. The van der Waals surface area contributed by atoms with Crippen molar-refractivity contribution in [3.63, 3.8) is 0 Å². The third-order valence-electron chi connectivity index (χ3n) is 5.77. The molecule has 2 atom stereocenters. The lowest BCUT2D eigenvalue weighted by molar-refractivity contribution is -0.128. The molecule has 0 saturated carbocycles. The number of hydrazine groups is 1. The van der Waals surface area contributed by atoms with Crippen molar-refractivity contribution in [2.24, 2.45) is 5.41 Å². The van der Waals surface area contributed by atoms with Gasteiger partial charge in [-0.3, -0.25) is 9.48 Å². The lowest BCUT2D eigenvalue weighted by Gasteiger charge is -2.40. The quantitative estimate of drug-likeness (QED) is 0.747. The molecule has 4 rings (SSSR count). The van der Waals surface area contributed by atoms with Crippen LogP contribution in [-0.2, 0) is 17.9 Å². The summed E-state index contributed by atoms with van der Waals surface area (Å²) >= 11 is 0. The second-order valence-electron chi connectivity index (χ2n) is 8.40. The molecular formula is C20H22F3N5O3. The Morgan fingerprint density at radius 3 is 2.61 bits per heavy atom. The first-order valence-corrected chi connectivity index (χ1v) is 9.80. The van der Waals surface area contributed by atoms with Gasteiger partial charge in [0.05, 0.1) is 43.7 Å². The Morgan fingerprint density at radius 2 is 2.00 bits per heavy atom. The molecule has 8 nitrogen and oxygen atoms in total. The van der Waals surface area contributed by atoms with Gasteiger partial charge in [0.25, 0.3) is 0 Å². The number of aromatic nitrogens is 2. The van der Waals surface area contributed by atoms with E-state index in [9.17, 15) is 27.9 Å². The number of aliphatic hydroxyl groups excluding tert-OH is 1. The molecule has 1 aromatic carbocycles. The van der Waals surface area contributed by atoms with Gasteiger partial charge in [-0.15, -0.1) is 0 Å². The maximum atomic E-state index is 14.0. The van der Waals surface area contributed by atoms with Gasteiger partial charge in [-0.25, -0.2) is 23.0 Å². The van der Waals surface area contributed by atoms with Gasteiger partial charge in [0, 0.05) is 30.2 Å². The zero-order valence-corrected chi connectivity index (χ0v) is 17.1. The number of urea groups is 1. The van der Waals surface area contributed by atoms with Gasteiger partial charge >= 0.3 is 6.03 Å². The highest BCUT2D eigenvalue weighted by Crippen LogP contribution is 2.35. The fraction of sp³-hybridized carbons (Fsp3) is 0.450. The van der Waals surface area contributed by atoms with Crippen LogP contribution in [0.3, 0.4) is 0 Å². The van der Waals surface area contributed by atoms with E-state index in [0.717, 1.165) is 15.7 Å². The highest BCUT2D eigenvalue weighted by atomic mass is 19.2. The fourth-order valence-corrected chi connectivity index (χ4v) is 3.98. The molecular weight excluding hydrogens is 415 g/mol. The van der Waals surface area contributed by atoms with Crippen molar-refractivity contribution in [2.45, 2.75) is 39.4 Å². The summed E-state index contributed by atoms with van der Waals surface area (Å²) in [4.78, 5) is 27.8. The minimum atomic E-state index is -1.67. The van der Waals surface area contributed by atoms with Gasteiger partial charge in [0.2, 0.25) is 5.91 Å². The van der Waals surface area contributed by atoms with E-state index in [1.807, 2.05) is 0 Å². The largest absolute Gasteiger partial charge is 0.396 e. The van der Waals surface area contributed by atoms with Gasteiger partial charge in [-0.1, -0.05) is 6.92 Å². The molecule has 0 aliphatic carbocycles. The van der Waals surface area contributed by atoms with Crippen molar-refractivity contribution < 1.29 is 27.9 Å². The van der Waals surface area contributed by atoms with Gasteiger partial charge in [0.15, 0.2) is 17.5 Å². The van der Waals surface area contributed by atoms with Crippen molar-refractivity contribution in [3.8, 4) is 0 Å². The SMILES string of the molecule is CC1Cn2nccc2CN1C(=O)N(c1cc(F)c(F)c(F)c1)N1CC(C)(CO)CC1=O. The number of carbonyl (C=O) groups is 2. The maximum Gasteiger partial charge on any atom is 0.344 e. The fourth-order valence-electron chi connectivity index (χ4n) is 3.98. The molecule has 31 heavy (non-hydrogen) atoms. The van der Waals surface area contributed by atoms with Crippen LogP contribution < -0.4 is 5.01 Å². The molecule has 2 aliphatic rings.